The molecule has 0 aromatic rings. The van der Waals surface area contributed by atoms with Gasteiger partial charge in [-0.05, 0) is 80.0 Å². The third-order valence-corrected chi connectivity index (χ3v) is 13.8. The van der Waals surface area contributed by atoms with Crippen LogP contribution in [0.4, 0.5) is 0 Å². The maximum absolute atomic E-state index is 6.45. The fourth-order valence-electron chi connectivity index (χ4n) is 11.7. The van der Waals surface area contributed by atoms with Gasteiger partial charge in [-0.1, -0.05) is 64.7 Å². The number of hydrogen-bond acceptors (Lipinski definition) is 8. The van der Waals surface area contributed by atoms with Crippen molar-refractivity contribution in [2.75, 3.05) is 6.54 Å². The molecule has 8 bridgehead atoms. The van der Waals surface area contributed by atoms with Crippen molar-refractivity contribution in [2.45, 2.75) is 159 Å². The van der Waals surface area contributed by atoms with Crippen molar-refractivity contribution in [1.29, 1.82) is 0 Å². The Hall–Kier alpha value is 0.159. The van der Waals surface area contributed by atoms with Crippen LogP contribution in [0.3, 0.4) is 0 Å². The van der Waals surface area contributed by atoms with Crippen LogP contribution >= 0.6 is 0 Å². The van der Waals surface area contributed by atoms with E-state index in [-0.39, 0.29) is 17.1 Å². The van der Waals surface area contributed by atoms with Gasteiger partial charge in [0.15, 0.2) is 0 Å². The average molecular weight is 673 g/mol. The quantitative estimate of drug-likeness (QED) is 0.156. The number of hydrogen-bond donors (Lipinski definition) is 8. The van der Waals surface area contributed by atoms with Crippen molar-refractivity contribution in [1.82, 2.24) is 42.5 Å². The van der Waals surface area contributed by atoms with E-state index in [1.165, 1.54) is 96.3 Å². The Morgan fingerprint density at radius 1 is 0.444 bits per heavy atom. The molecule has 0 amide bonds. The van der Waals surface area contributed by atoms with Gasteiger partial charge in [-0.3, -0.25) is 42.5 Å². The smallest absolute Gasteiger partial charge is 0.677 e. The zero-order chi connectivity index (χ0) is 29.6. The third-order valence-electron chi connectivity index (χ3n) is 13.8. The first-order valence-corrected chi connectivity index (χ1v) is 19.3. The van der Waals surface area contributed by atoms with Crippen LogP contribution in [-0.2, 0) is 17.1 Å². The molecule has 10 heteroatoms. The first-order chi connectivity index (χ1) is 21.7. The normalized spacial score (nSPS) is 51.9. The second-order valence-corrected chi connectivity index (χ2v) is 16.1. The molecule has 0 aromatic heterocycles. The van der Waals surface area contributed by atoms with Gasteiger partial charge in [0.05, 0.1) is 43.2 Å². The first kappa shape index (κ1) is 33.6. The van der Waals surface area contributed by atoms with Gasteiger partial charge < -0.3 is 12.2 Å². The zero-order valence-corrected chi connectivity index (χ0v) is 28.6. The number of fused-ring (bicyclic) bond motifs is 20. The van der Waals surface area contributed by atoms with Crippen molar-refractivity contribution < 1.29 is 17.1 Å². The molecule has 45 heavy (non-hydrogen) atoms. The summed E-state index contributed by atoms with van der Waals surface area (Å²) in [6.07, 6.45) is 27.4. The molecule has 4 aliphatic carbocycles. The van der Waals surface area contributed by atoms with Gasteiger partial charge in [0.2, 0.25) is 0 Å². The summed E-state index contributed by atoms with van der Waals surface area (Å²) >= 11 is 0. The van der Waals surface area contributed by atoms with Gasteiger partial charge in [-0.25, -0.2) is 0 Å². The molecule has 5 saturated heterocycles. The fourth-order valence-corrected chi connectivity index (χ4v) is 11.7. The van der Waals surface area contributed by atoms with E-state index in [4.69, 9.17) is 5.73 Å². The van der Waals surface area contributed by atoms with E-state index in [9.17, 15) is 0 Å². The molecule has 0 spiro atoms. The molecule has 5 aliphatic heterocycles. The number of rotatable bonds is 1. The van der Waals surface area contributed by atoms with Crippen LogP contribution in [0.1, 0.15) is 110 Å². The van der Waals surface area contributed by atoms with Crippen LogP contribution < -0.4 is 42.5 Å². The molecule has 4 saturated carbocycles. The predicted molar refractivity (Wildman–Crippen MR) is 176 cm³/mol. The zero-order valence-electron chi connectivity index (χ0n) is 27.6. The van der Waals surface area contributed by atoms with Gasteiger partial charge in [-0.15, -0.1) is 5.92 Å². The summed E-state index contributed by atoms with van der Waals surface area (Å²) in [6, 6.07) is 0. The van der Waals surface area contributed by atoms with E-state index in [0.717, 1.165) is 41.9 Å². The molecule has 9 aliphatic rings. The van der Waals surface area contributed by atoms with Crippen molar-refractivity contribution in [3.05, 3.63) is 12.2 Å². The third kappa shape index (κ3) is 6.59. The Kier molecular flexibility index (Phi) is 11.2. The fraction of sp³-hybridized carbons (Fsp3) is 0.971. The van der Waals surface area contributed by atoms with Crippen LogP contribution in [0.15, 0.2) is 0 Å². The minimum absolute atomic E-state index is 0. The summed E-state index contributed by atoms with van der Waals surface area (Å²) in [7, 11) is 0. The molecule has 9 rings (SSSR count). The van der Waals surface area contributed by atoms with E-state index < -0.39 is 0 Å². The average Bonchev–Trinajstić information content (AvgIpc) is 3.81. The van der Waals surface area contributed by atoms with Crippen molar-refractivity contribution >= 4 is 0 Å². The van der Waals surface area contributed by atoms with Crippen LogP contribution in [0.2, 0.25) is 0 Å². The maximum atomic E-state index is 6.45. The molecule has 16 unspecified atom stereocenters. The van der Waals surface area contributed by atoms with Crippen LogP contribution in [0.5, 0.6) is 0 Å². The van der Waals surface area contributed by atoms with Gasteiger partial charge in [0.25, 0.3) is 0 Å². The van der Waals surface area contributed by atoms with Crippen LogP contribution in [-0.4, -0.2) is 55.9 Å². The van der Waals surface area contributed by atoms with Crippen molar-refractivity contribution in [3.8, 4) is 0 Å². The summed E-state index contributed by atoms with van der Waals surface area (Å²) in [5.41, 5.74) is 6.45. The van der Waals surface area contributed by atoms with Crippen molar-refractivity contribution in [3.63, 3.8) is 0 Å². The molecular formula is C35H63CuN9. The molecule has 16 atom stereocenters. The number of nitrogens with one attached hydrogen (secondary N) is 9. The van der Waals surface area contributed by atoms with Crippen LogP contribution in [0.25, 0.3) is 5.73 Å². The monoisotopic (exact) mass is 672 g/mol. The Balaban J connectivity index is 0.000000617. The second-order valence-electron chi connectivity index (χ2n) is 16.1. The van der Waals surface area contributed by atoms with E-state index in [1.54, 1.807) is 0 Å². The van der Waals surface area contributed by atoms with Crippen LogP contribution in [0, 0.1) is 53.8 Å². The molecule has 9 fully saturated rings. The summed E-state index contributed by atoms with van der Waals surface area (Å²) in [5, 5.41) is 33.7. The molecule has 0 aromatic carbocycles. The standard InChI is InChI=1S/C32H55N8.C3H8N.Cu/c1-2-10-18-17(9-1)25-33-26(18)38-28-21-13-5-6-14-22(21)30(35-28)40-32-24-16-8-7-15-23(24)31(36-32)39-29-20-12-4-3-11-19(20)27(34-29)37-25;1-2-3-4;/h9,17-40H,1-8,10-16H2;4H,2-3H2,1H3;/q2*-1;+2. The van der Waals surface area contributed by atoms with E-state index >= 15 is 0 Å². The van der Waals surface area contributed by atoms with Crippen molar-refractivity contribution in [2.24, 2.45) is 47.3 Å². The Morgan fingerprint density at radius 3 is 1.02 bits per heavy atom. The first-order valence-electron chi connectivity index (χ1n) is 19.3. The molecule has 9 nitrogen and oxygen atoms in total. The molecule has 1 radical (unpaired) electrons. The Morgan fingerprint density at radius 2 is 0.711 bits per heavy atom. The largest absolute Gasteiger partial charge is 2.00 e. The van der Waals surface area contributed by atoms with Gasteiger partial charge in [-0.2, -0.15) is 13.0 Å². The summed E-state index contributed by atoms with van der Waals surface area (Å²) in [5.74, 6) is 5.74. The molecule has 259 valence electrons. The maximum Gasteiger partial charge on any atom is 2.00 e. The van der Waals surface area contributed by atoms with E-state index in [0.29, 0.717) is 67.7 Å². The predicted octanol–water partition coefficient (Wildman–Crippen LogP) is 3.87. The molecule has 5 heterocycles. The summed E-state index contributed by atoms with van der Waals surface area (Å²) in [6.45, 7) is 2.56. The van der Waals surface area contributed by atoms with E-state index in [1.807, 2.05) is 6.92 Å². The minimum atomic E-state index is 0. The Bertz CT molecular complexity index is 748. The second kappa shape index (κ2) is 15.0. The summed E-state index contributed by atoms with van der Waals surface area (Å²) in [4.78, 5) is 0. The van der Waals surface area contributed by atoms with Gasteiger partial charge >= 0.3 is 17.1 Å². The summed E-state index contributed by atoms with van der Waals surface area (Å²) < 4.78 is 0. The van der Waals surface area contributed by atoms with Gasteiger partial charge in [0.1, 0.15) is 0 Å². The topological polar surface area (TPSA) is 120 Å². The minimum Gasteiger partial charge on any atom is -0.677 e. The Labute approximate surface area is 283 Å². The molecular weight excluding hydrogens is 610 g/mol. The molecule has 9 N–H and O–H groups in total. The van der Waals surface area contributed by atoms with E-state index in [2.05, 4.69) is 49.0 Å². The van der Waals surface area contributed by atoms with Gasteiger partial charge in [0, 0.05) is 6.17 Å². The SMILES string of the molecule is CCC[NH-].[CH-]1CCCC2C3NC(NC4NC(NC5NC(NC6NC(N3)C3CCCCC63)C3CCCCC53)C3CCCCC43)C12.[Cu+2].